The summed E-state index contributed by atoms with van der Waals surface area (Å²) in [6, 6.07) is 14.0. The number of nitrogens with one attached hydrogen (secondary N) is 1. The first-order valence-corrected chi connectivity index (χ1v) is 12.1. The molecule has 35 heavy (non-hydrogen) atoms. The van der Waals surface area contributed by atoms with Crippen LogP contribution in [0.2, 0.25) is 5.02 Å². The molecule has 3 heterocycles. The smallest absolute Gasteiger partial charge is 0.263 e. The van der Waals surface area contributed by atoms with Gasteiger partial charge in [0.15, 0.2) is 0 Å². The van der Waals surface area contributed by atoms with Gasteiger partial charge in [0, 0.05) is 43.1 Å². The molecule has 9 heteroatoms. The largest absolute Gasteiger partial charge is 0.356 e. The van der Waals surface area contributed by atoms with E-state index in [2.05, 4.69) is 20.4 Å². The second kappa shape index (κ2) is 10.4. The van der Waals surface area contributed by atoms with Gasteiger partial charge in [0.05, 0.1) is 0 Å². The van der Waals surface area contributed by atoms with E-state index in [0.717, 1.165) is 48.4 Å². The van der Waals surface area contributed by atoms with Gasteiger partial charge in [-0.15, -0.1) is 0 Å². The van der Waals surface area contributed by atoms with E-state index in [9.17, 15) is 9.18 Å². The number of anilines is 1. The first-order chi connectivity index (χ1) is 17.1. The van der Waals surface area contributed by atoms with E-state index in [1.165, 1.54) is 18.6 Å². The summed E-state index contributed by atoms with van der Waals surface area (Å²) < 4.78 is 18.9. The molecule has 1 fully saturated rings. The summed E-state index contributed by atoms with van der Waals surface area (Å²) in [5.74, 6) is 0.758. The van der Waals surface area contributed by atoms with E-state index >= 15 is 0 Å². The van der Waals surface area contributed by atoms with Crippen LogP contribution in [0.1, 0.15) is 37.1 Å². The molecule has 0 aliphatic carbocycles. The summed E-state index contributed by atoms with van der Waals surface area (Å²) in [4.78, 5) is 24.2. The predicted molar refractivity (Wildman–Crippen MR) is 133 cm³/mol. The number of halogens is 2. The van der Waals surface area contributed by atoms with Crippen molar-refractivity contribution in [1.29, 1.82) is 0 Å². The fourth-order valence-electron chi connectivity index (χ4n) is 4.29. The van der Waals surface area contributed by atoms with Crippen molar-refractivity contribution in [1.82, 2.24) is 20.4 Å². The second-order valence-electron chi connectivity index (χ2n) is 8.60. The zero-order valence-electron chi connectivity index (χ0n) is 19.1. The highest BCUT2D eigenvalue weighted by Gasteiger charge is 2.24. The van der Waals surface area contributed by atoms with Crippen LogP contribution in [0.25, 0.3) is 22.4 Å². The van der Waals surface area contributed by atoms with Crippen molar-refractivity contribution in [2.24, 2.45) is 0 Å². The summed E-state index contributed by atoms with van der Waals surface area (Å²) in [5.41, 5.74) is 2.75. The first kappa shape index (κ1) is 23.2. The van der Waals surface area contributed by atoms with E-state index in [1.54, 1.807) is 6.07 Å². The van der Waals surface area contributed by atoms with Crippen molar-refractivity contribution in [3.05, 3.63) is 70.8 Å². The highest BCUT2D eigenvalue weighted by atomic mass is 35.5. The molecule has 5 rings (SSSR count). The predicted octanol–water partition coefficient (Wildman–Crippen LogP) is 5.32. The van der Waals surface area contributed by atoms with Crippen LogP contribution in [0.4, 0.5) is 10.2 Å². The van der Waals surface area contributed by atoms with Gasteiger partial charge in [-0.1, -0.05) is 53.2 Å². The van der Waals surface area contributed by atoms with E-state index in [0.29, 0.717) is 23.5 Å². The number of aryl methyl sites for hydroxylation is 1. The first-order valence-electron chi connectivity index (χ1n) is 11.8. The molecule has 2 aromatic heterocycles. The molecule has 0 radical (unpaired) electrons. The fraction of sp³-hybridized carbons (Fsp3) is 0.308. The number of nitrogens with zero attached hydrogens (tertiary/aromatic N) is 4. The van der Waals surface area contributed by atoms with E-state index in [4.69, 9.17) is 21.1 Å². The molecule has 1 saturated heterocycles. The van der Waals surface area contributed by atoms with Gasteiger partial charge >= 0.3 is 0 Å². The zero-order chi connectivity index (χ0) is 24.2. The molecule has 0 unspecified atom stereocenters. The average Bonchev–Trinajstić information content (AvgIpc) is 3.31. The molecular formula is C26H25ClFN5O2. The number of piperidine rings is 1. The summed E-state index contributed by atoms with van der Waals surface area (Å²) in [6.07, 6.45) is 3.94. The highest BCUT2D eigenvalue weighted by Crippen LogP contribution is 2.34. The Labute approximate surface area is 207 Å². The Morgan fingerprint density at radius 1 is 1.09 bits per heavy atom. The normalized spacial score (nSPS) is 13.8. The lowest BCUT2D eigenvalue weighted by atomic mass is 10.1. The third-order valence-electron chi connectivity index (χ3n) is 6.13. The van der Waals surface area contributed by atoms with Crippen molar-refractivity contribution < 1.29 is 13.7 Å². The van der Waals surface area contributed by atoms with Gasteiger partial charge in [-0.3, -0.25) is 4.79 Å². The number of rotatable bonds is 7. The Hall–Kier alpha value is -3.52. The molecule has 1 N–H and O–H groups in total. The minimum Gasteiger partial charge on any atom is -0.356 e. The Kier molecular flexibility index (Phi) is 6.90. The molecule has 1 amide bonds. The molecule has 0 atom stereocenters. The molecule has 4 aromatic rings. The van der Waals surface area contributed by atoms with Crippen LogP contribution in [0.15, 0.2) is 53.1 Å². The minimum absolute atomic E-state index is 0.170. The number of aromatic nitrogens is 3. The molecule has 0 saturated carbocycles. The summed E-state index contributed by atoms with van der Waals surface area (Å²) >= 11 is 6.05. The van der Waals surface area contributed by atoms with Gasteiger partial charge in [-0.2, -0.15) is 4.98 Å². The van der Waals surface area contributed by atoms with E-state index < -0.39 is 5.82 Å². The van der Waals surface area contributed by atoms with Crippen molar-refractivity contribution in [3.8, 4) is 11.3 Å². The van der Waals surface area contributed by atoms with Crippen molar-refractivity contribution in [3.63, 3.8) is 0 Å². The third kappa shape index (κ3) is 5.27. The number of benzene rings is 2. The highest BCUT2D eigenvalue weighted by molar-refractivity contribution is 6.31. The molecule has 1 aliphatic heterocycles. The van der Waals surface area contributed by atoms with E-state index in [-0.39, 0.29) is 23.9 Å². The van der Waals surface area contributed by atoms with Gasteiger partial charge in [-0.05, 0) is 37.0 Å². The lowest BCUT2D eigenvalue weighted by Gasteiger charge is -2.28. The molecule has 1 aliphatic rings. The summed E-state index contributed by atoms with van der Waals surface area (Å²) in [5, 5.41) is 8.22. The van der Waals surface area contributed by atoms with Crippen LogP contribution in [-0.4, -0.2) is 34.1 Å². The second-order valence-corrected chi connectivity index (χ2v) is 9.01. The van der Waals surface area contributed by atoms with Crippen molar-refractivity contribution >= 4 is 34.4 Å². The van der Waals surface area contributed by atoms with Gasteiger partial charge in [0.2, 0.25) is 5.91 Å². The summed E-state index contributed by atoms with van der Waals surface area (Å²) in [6.45, 7) is 2.03. The van der Waals surface area contributed by atoms with Gasteiger partial charge < -0.3 is 14.7 Å². The third-order valence-corrected chi connectivity index (χ3v) is 6.48. The molecular weight excluding hydrogens is 469 g/mol. The molecule has 7 nitrogen and oxygen atoms in total. The Bertz CT molecular complexity index is 1340. The van der Waals surface area contributed by atoms with Gasteiger partial charge in [-0.25, -0.2) is 9.37 Å². The number of amides is 1. The summed E-state index contributed by atoms with van der Waals surface area (Å²) in [7, 11) is 0. The number of carbonyl (C=O) groups is 1. The lowest BCUT2D eigenvalue weighted by Crippen LogP contribution is -2.30. The van der Waals surface area contributed by atoms with Crippen molar-refractivity contribution in [2.45, 2.75) is 38.6 Å². The number of hydrogen-bond acceptors (Lipinski definition) is 6. The van der Waals surface area contributed by atoms with Gasteiger partial charge in [0.1, 0.15) is 28.5 Å². The maximum atomic E-state index is 13.2. The lowest BCUT2D eigenvalue weighted by molar-refractivity contribution is -0.121. The van der Waals surface area contributed by atoms with Crippen LogP contribution >= 0.6 is 11.6 Å². The monoisotopic (exact) mass is 493 g/mol. The standard InChI is InChI=1S/C26H25ClFN5O2/c27-20-15-19(28)10-9-18(20)16-29-22(34)12-11-21-30-25(33-13-5-2-6-14-33)23-24(32-35-26(23)31-21)17-7-3-1-4-8-17/h1,3-4,7-10,15H,2,5-6,11-14,16H2,(H,29,34). The number of carbonyl (C=O) groups excluding carboxylic acids is 1. The SMILES string of the molecule is O=C(CCc1nc(N2CCCCC2)c2c(-c3ccccc3)noc2n1)NCc1ccc(F)cc1Cl. The maximum absolute atomic E-state index is 13.2. The fourth-order valence-corrected chi connectivity index (χ4v) is 4.53. The average molecular weight is 494 g/mol. The van der Waals surface area contributed by atoms with Crippen LogP contribution in [-0.2, 0) is 17.8 Å². The van der Waals surface area contributed by atoms with Crippen LogP contribution in [0.3, 0.4) is 0 Å². The Balaban J connectivity index is 1.36. The van der Waals surface area contributed by atoms with Crippen molar-refractivity contribution in [2.75, 3.05) is 18.0 Å². The Morgan fingerprint density at radius 2 is 1.89 bits per heavy atom. The quantitative estimate of drug-likeness (QED) is 0.375. The van der Waals surface area contributed by atoms with Crippen LogP contribution in [0, 0.1) is 5.82 Å². The number of fused-ring (bicyclic) bond motifs is 1. The zero-order valence-corrected chi connectivity index (χ0v) is 19.9. The van der Waals surface area contributed by atoms with Gasteiger partial charge in [0.25, 0.3) is 5.71 Å². The topological polar surface area (TPSA) is 84.2 Å². The number of hydrogen-bond donors (Lipinski definition) is 1. The van der Waals surface area contributed by atoms with Crippen LogP contribution < -0.4 is 10.2 Å². The molecule has 0 bridgehead atoms. The molecule has 0 spiro atoms. The van der Waals surface area contributed by atoms with E-state index in [1.807, 2.05) is 30.3 Å². The van der Waals surface area contributed by atoms with Crippen LogP contribution in [0.5, 0.6) is 0 Å². The minimum atomic E-state index is -0.412. The molecule has 2 aromatic carbocycles. The molecule has 180 valence electrons. The Morgan fingerprint density at radius 3 is 2.66 bits per heavy atom. The maximum Gasteiger partial charge on any atom is 0.263 e.